The third-order valence-corrected chi connectivity index (χ3v) is 4.20. The normalized spacial score (nSPS) is 10.3. The van der Waals surface area contributed by atoms with Crippen molar-refractivity contribution >= 4 is 34.3 Å². The Morgan fingerprint density at radius 3 is 2.50 bits per heavy atom. The Bertz CT molecular complexity index is 710. The van der Waals surface area contributed by atoms with Gasteiger partial charge >= 0.3 is 5.97 Å². The number of carbonyl (C=O) groups excluding carboxylic acids is 1. The number of rotatable bonds is 6. The first kappa shape index (κ1) is 16.5. The van der Waals surface area contributed by atoms with Gasteiger partial charge in [0.2, 0.25) is 0 Å². The average molecular weight is 410 g/mol. The summed E-state index contributed by atoms with van der Waals surface area (Å²) in [7, 11) is 0. The zero-order valence-electron chi connectivity index (χ0n) is 12.0. The highest BCUT2D eigenvalue weighted by Crippen LogP contribution is 2.21. The SMILES string of the molecule is CC(=O)c1ccc(OCc2ccccc2I)cc1CC(=O)O. The molecule has 0 radical (unpaired) electrons. The molecule has 0 atom stereocenters. The van der Waals surface area contributed by atoms with E-state index < -0.39 is 5.97 Å². The summed E-state index contributed by atoms with van der Waals surface area (Å²) in [4.78, 5) is 22.5. The van der Waals surface area contributed by atoms with E-state index in [0.29, 0.717) is 23.5 Å². The van der Waals surface area contributed by atoms with Gasteiger partial charge in [-0.05, 0) is 59.3 Å². The minimum atomic E-state index is -0.975. The van der Waals surface area contributed by atoms with Crippen LogP contribution in [-0.4, -0.2) is 16.9 Å². The lowest BCUT2D eigenvalue weighted by Gasteiger charge is -2.11. The third kappa shape index (κ3) is 4.30. The highest BCUT2D eigenvalue weighted by molar-refractivity contribution is 14.1. The molecular formula is C17H15IO4. The van der Waals surface area contributed by atoms with Crippen LogP contribution in [0.2, 0.25) is 0 Å². The molecule has 0 aromatic heterocycles. The van der Waals surface area contributed by atoms with Crippen LogP contribution in [0.25, 0.3) is 0 Å². The van der Waals surface area contributed by atoms with E-state index in [1.165, 1.54) is 6.92 Å². The number of carbonyl (C=O) groups is 2. The number of benzene rings is 2. The first-order chi connectivity index (χ1) is 10.5. The Hall–Kier alpha value is -1.89. The predicted octanol–water partition coefficient (Wildman–Crippen LogP) is 3.70. The maximum Gasteiger partial charge on any atom is 0.307 e. The molecule has 1 N–H and O–H groups in total. The van der Waals surface area contributed by atoms with Crippen LogP contribution < -0.4 is 4.74 Å². The number of hydrogen-bond donors (Lipinski definition) is 1. The van der Waals surface area contributed by atoms with Crippen molar-refractivity contribution in [2.75, 3.05) is 0 Å². The molecule has 114 valence electrons. The van der Waals surface area contributed by atoms with Crippen LogP contribution in [0.15, 0.2) is 42.5 Å². The zero-order valence-corrected chi connectivity index (χ0v) is 14.2. The number of hydrogen-bond acceptors (Lipinski definition) is 3. The second kappa shape index (κ2) is 7.40. The van der Waals surface area contributed by atoms with Crippen molar-refractivity contribution in [3.8, 4) is 5.75 Å². The van der Waals surface area contributed by atoms with Crippen molar-refractivity contribution in [2.24, 2.45) is 0 Å². The first-order valence-electron chi connectivity index (χ1n) is 6.69. The molecule has 0 aliphatic carbocycles. The summed E-state index contributed by atoms with van der Waals surface area (Å²) < 4.78 is 6.82. The predicted molar refractivity (Wildman–Crippen MR) is 91.3 cm³/mol. The number of carboxylic acids is 1. The number of ketones is 1. The number of ether oxygens (including phenoxy) is 1. The van der Waals surface area contributed by atoms with Gasteiger partial charge in [-0.1, -0.05) is 18.2 Å². The molecule has 0 amide bonds. The molecule has 0 fully saturated rings. The third-order valence-electron chi connectivity index (χ3n) is 3.15. The van der Waals surface area contributed by atoms with Crippen molar-refractivity contribution in [3.63, 3.8) is 0 Å². The van der Waals surface area contributed by atoms with Gasteiger partial charge in [-0.3, -0.25) is 9.59 Å². The number of halogens is 1. The van der Waals surface area contributed by atoms with Gasteiger partial charge in [0.25, 0.3) is 0 Å². The fraction of sp³-hybridized carbons (Fsp3) is 0.176. The van der Waals surface area contributed by atoms with Gasteiger partial charge in [0, 0.05) is 14.7 Å². The molecule has 2 aromatic rings. The molecule has 0 saturated heterocycles. The summed E-state index contributed by atoms with van der Waals surface area (Å²) in [5.41, 5.74) is 1.95. The fourth-order valence-electron chi connectivity index (χ4n) is 2.09. The zero-order chi connectivity index (χ0) is 16.1. The number of aliphatic carboxylic acids is 1. The molecule has 2 rings (SSSR count). The molecule has 2 aromatic carbocycles. The Morgan fingerprint density at radius 2 is 1.86 bits per heavy atom. The largest absolute Gasteiger partial charge is 0.489 e. The summed E-state index contributed by atoms with van der Waals surface area (Å²) in [6.45, 7) is 1.82. The van der Waals surface area contributed by atoms with E-state index in [0.717, 1.165) is 9.13 Å². The van der Waals surface area contributed by atoms with Crippen LogP contribution in [0.3, 0.4) is 0 Å². The second-order valence-electron chi connectivity index (χ2n) is 4.83. The van der Waals surface area contributed by atoms with Crippen LogP contribution in [0, 0.1) is 3.57 Å². The van der Waals surface area contributed by atoms with Gasteiger partial charge in [-0.15, -0.1) is 0 Å². The van der Waals surface area contributed by atoms with Gasteiger partial charge in [0.1, 0.15) is 12.4 Å². The molecule has 4 nitrogen and oxygen atoms in total. The van der Waals surface area contributed by atoms with Crippen molar-refractivity contribution in [2.45, 2.75) is 20.0 Å². The molecule has 0 spiro atoms. The van der Waals surface area contributed by atoms with Gasteiger partial charge in [-0.25, -0.2) is 0 Å². The lowest BCUT2D eigenvalue weighted by atomic mass is 10.0. The standard InChI is InChI=1S/C17H15IO4/c1-11(19)15-7-6-14(8-13(15)9-17(20)21)22-10-12-4-2-3-5-16(12)18/h2-8H,9-10H2,1H3,(H,20,21). The summed E-state index contributed by atoms with van der Waals surface area (Å²) in [6, 6.07) is 12.8. The molecule has 0 saturated carbocycles. The minimum absolute atomic E-state index is 0.152. The van der Waals surface area contributed by atoms with E-state index >= 15 is 0 Å². The second-order valence-corrected chi connectivity index (χ2v) is 5.99. The van der Waals surface area contributed by atoms with Crippen LogP contribution in [-0.2, 0) is 17.8 Å². The van der Waals surface area contributed by atoms with Crippen LogP contribution in [0.1, 0.15) is 28.4 Å². The Kier molecular flexibility index (Phi) is 5.54. The van der Waals surface area contributed by atoms with E-state index in [9.17, 15) is 9.59 Å². The molecule has 0 unspecified atom stereocenters. The summed E-state index contributed by atoms with van der Waals surface area (Å²) in [5.74, 6) is -0.571. The smallest absolute Gasteiger partial charge is 0.307 e. The monoisotopic (exact) mass is 410 g/mol. The summed E-state index contributed by atoms with van der Waals surface area (Å²) >= 11 is 2.24. The van der Waals surface area contributed by atoms with Gasteiger partial charge < -0.3 is 9.84 Å². The van der Waals surface area contributed by atoms with Gasteiger partial charge in [0.05, 0.1) is 6.42 Å². The van der Waals surface area contributed by atoms with Crippen LogP contribution >= 0.6 is 22.6 Å². The van der Waals surface area contributed by atoms with E-state index in [-0.39, 0.29) is 12.2 Å². The quantitative estimate of drug-likeness (QED) is 0.583. The van der Waals surface area contributed by atoms with E-state index in [1.54, 1.807) is 18.2 Å². The van der Waals surface area contributed by atoms with E-state index in [4.69, 9.17) is 9.84 Å². The number of Topliss-reactive ketones (excluding diaryl/α,β-unsaturated/α-hetero) is 1. The fourth-order valence-corrected chi connectivity index (χ4v) is 2.63. The topological polar surface area (TPSA) is 63.6 Å². The minimum Gasteiger partial charge on any atom is -0.489 e. The molecule has 0 aliphatic rings. The first-order valence-corrected chi connectivity index (χ1v) is 7.77. The molecule has 22 heavy (non-hydrogen) atoms. The van der Waals surface area contributed by atoms with Crippen LogP contribution in [0.4, 0.5) is 0 Å². The van der Waals surface area contributed by atoms with Crippen molar-refractivity contribution in [3.05, 3.63) is 62.7 Å². The molecule has 5 heteroatoms. The lowest BCUT2D eigenvalue weighted by molar-refractivity contribution is -0.136. The summed E-state index contributed by atoms with van der Waals surface area (Å²) in [6.07, 6.45) is -0.199. The van der Waals surface area contributed by atoms with Gasteiger partial charge in [-0.2, -0.15) is 0 Å². The number of carboxylic acid groups (broad SMARTS) is 1. The van der Waals surface area contributed by atoms with E-state index in [1.807, 2.05) is 24.3 Å². The molecule has 0 aliphatic heterocycles. The van der Waals surface area contributed by atoms with Crippen molar-refractivity contribution in [1.82, 2.24) is 0 Å². The Morgan fingerprint density at radius 1 is 1.14 bits per heavy atom. The lowest BCUT2D eigenvalue weighted by Crippen LogP contribution is -2.07. The molecule has 0 heterocycles. The Balaban J connectivity index is 2.19. The highest BCUT2D eigenvalue weighted by Gasteiger charge is 2.12. The highest BCUT2D eigenvalue weighted by atomic mass is 127. The molecule has 0 bridgehead atoms. The molecular weight excluding hydrogens is 395 g/mol. The van der Waals surface area contributed by atoms with Crippen molar-refractivity contribution in [1.29, 1.82) is 0 Å². The maximum atomic E-state index is 11.5. The van der Waals surface area contributed by atoms with E-state index in [2.05, 4.69) is 22.6 Å². The van der Waals surface area contributed by atoms with Crippen molar-refractivity contribution < 1.29 is 19.4 Å². The average Bonchev–Trinajstić information content (AvgIpc) is 2.45. The van der Waals surface area contributed by atoms with Crippen LogP contribution in [0.5, 0.6) is 5.75 Å². The summed E-state index contributed by atoms with van der Waals surface area (Å²) in [5, 5.41) is 8.96. The van der Waals surface area contributed by atoms with Gasteiger partial charge in [0.15, 0.2) is 5.78 Å². The maximum absolute atomic E-state index is 11.5. The Labute approximate surface area is 142 Å².